The summed E-state index contributed by atoms with van der Waals surface area (Å²) in [5, 5.41) is 3.00. The second-order valence-corrected chi connectivity index (χ2v) is 6.82. The van der Waals surface area contributed by atoms with Crippen molar-refractivity contribution in [1.82, 2.24) is 20.0 Å². The van der Waals surface area contributed by atoms with E-state index in [1.807, 2.05) is 6.07 Å². The number of carbonyl (C=O) groups excluding carboxylic acids is 2. The van der Waals surface area contributed by atoms with E-state index in [0.717, 1.165) is 45.0 Å². The molecule has 0 saturated carbocycles. The molecular formula is C18H28N4O3. The molecule has 3 heterocycles. The lowest BCUT2D eigenvalue weighted by molar-refractivity contribution is -0.129. The van der Waals surface area contributed by atoms with E-state index >= 15 is 0 Å². The number of nitrogens with one attached hydrogen (secondary N) is 1. The monoisotopic (exact) mass is 348 g/mol. The average molecular weight is 348 g/mol. The van der Waals surface area contributed by atoms with E-state index in [-0.39, 0.29) is 17.7 Å². The van der Waals surface area contributed by atoms with Gasteiger partial charge in [0.15, 0.2) is 0 Å². The molecule has 2 fully saturated rings. The van der Waals surface area contributed by atoms with Crippen LogP contribution in [0, 0.1) is 5.92 Å². The first-order chi connectivity index (χ1) is 12.2. The van der Waals surface area contributed by atoms with Gasteiger partial charge in [-0.05, 0) is 18.7 Å². The van der Waals surface area contributed by atoms with Gasteiger partial charge < -0.3 is 19.5 Å². The minimum absolute atomic E-state index is 0.0116. The quantitative estimate of drug-likeness (QED) is 0.772. The summed E-state index contributed by atoms with van der Waals surface area (Å²) >= 11 is 0. The number of nitrogens with zero attached hydrogens (tertiary/aromatic N) is 3. The number of hydrogen-bond acceptors (Lipinski definition) is 5. The zero-order chi connectivity index (χ0) is 17.6. The summed E-state index contributed by atoms with van der Waals surface area (Å²) in [6, 6.07) is 3.65. The molecule has 0 aliphatic carbocycles. The second kappa shape index (κ2) is 8.49. The molecule has 0 spiro atoms. The standard InChI is InChI=1S/C18H28N4O3/c1-2-20-7-9-21(10-8-20)6-5-19-18(24)15-12-17(23)22(13-15)14-16-4-3-11-25-16/h3-4,11,15H,2,5-10,12-14H2,1H3,(H,19,24)/t15-/m1/s1. The van der Waals surface area contributed by atoms with Crippen molar-refractivity contribution >= 4 is 11.8 Å². The predicted octanol–water partition coefficient (Wildman–Crippen LogP) is 0.382. The Morgan fingerprint density at radius 2 is 2.04 bits per heavy atom. The Balaban J connectivity index is 1.36. The highest BCUT2D eigenvalue weighted by Gasteiger charge is 2.34. The molecular weight excluding hydrogens is 320 g/mol. The molecule has 0 radical (unpaired) electrons. The highest BCUT2D eigenvalue weighted by atomic mass is 16.3. The topological polar surface area (TPSA) is 69.0 Å². The van der Waals surface area contributed by atoms with Crippen LogP contribution in [0.15, 0.2) is 22.8 Å². The number of amides is 2. The van der Waals surface area contributed by atoms with Gasteiger partial charge in [0.1, 0.15) is 5.76 Å². The molecule has 2 aliphatic rings. The highest BCUT2D eigenvalue weighted by molar-refractivity contribution is 5.89. The van der Waals surface area contributed by atoms with E-state index in [9.17, 15) is 9.59 Å². The molecule has 2 amide bonds. The smallest absolute Gasteiger partial charge is 0.225 e. The van der Waals surface area contributed by atoms with Gasteiger partial charge in [0.2, 0.25) is 11.8 Å². The van der Waals surface area contributed by atoms with Crippen LogP contribution in [-0.4, -0.2) is 78.9 Å². The summed E-state index contributed by atoms with van der Waals surface area (Å²) in [7, 11) is 0. The third-order valence-corrected chi connectivity index (χ3v) is 5.15. The van der Waals surface area contributed by atoms with Crippen LogP contribution in [0.2, 0.25) is 0 Å². The summed E-state index contributed by atoms with van der Waals surface area (Å²) in [5.74, 6) is 0.509. The molecule has 3 rings (SSSR count). The van der Waals surface area contributed by atoms with Gasteiger partial charge in [0.25, 0.3) is 0 Å². The van der Waals surface area contributed by atoms with Crippen molar-refractivity contribution in [3.63, 3.8) is 0 Å². The lowest BCUT2D eigenvalue weighted by Crippen LogP contribution is -2.48. The van der Waals surface area contributed by atoms with E-state index in [4.69, 9.17) is 4.42 Å². The molecule has 1 N–H and O–H groups in total. The van der Waals surface area contributed by atoms with Crippen LogP contribution in [0.25, 0.3) is 0 Å². The van der Waals surface area contributed by atoms with Crippen LogP contribution < -0.4 is 5.32 Å². The Morgan fingerprint density at radius 1 is 1.28 bits per heavy atom. The van der Waals surface area contributed by atoms with E-state index in [0.29, 0.717) is 26.1 Å². The van der Waals surface area contributed by atoms with E-state index < -0.39 is 0 Å². The largest absolute Gasteiger partial charge is 0.467 e. The predicted molar refractivity (Wildman–Crippen MR) is 93.8 cm³/mol. The van der Waals surface area contributed by atoms with Gasteiger partial charge in [-0.25, -0.2) is 0 Å². The third kappa shape index (κ3) is 4.83. The third-order valence-electron chi connectivity index (χ3n) is 5.15. The maximum absolute atomic E-state index is 12.3. The number of piperazine rings is 1. The number of furan rings is 1. The summed E-state index contributed by atoms with van der Waals surface area (Å²) in [5.41, 5.74) is 0. The molecule has 1 aromatic rings. The number of hydrogen-bond donors (Lipinski definition) is 1. The van der Waals surface area contributed by atoms with Crippen molar-refractivity contribution in [2.75, 3.05) is 52.4 Å². The van der Waals surface area contributed by atoms with Crippen LogP contribution in [0.1, 0.15) is 19.1 Å². The van der Waals surface area contributed by atoms with Crippen molar-refractivity contribution in [3.8, 4) is 0 Å². The minimum atomic E-state index is -0.251. The van der Waals surface area contributed by atoms with Gasteiger partial charge in [0.05, 0.1) is 18.7 Å². The lowest BCUT2D eigenvalue weighted by atomic mass is 10.1. The van der Waals surface area contributed by atoms with Crippen molar-refractivity contribution < 1.29 is 14.0 Å². The van der Waals surface area contributed by atoms with Gasteiger partial charge in [0, 0.05) is 52.2 Å². The first kappa shape index (κ1) is 17.9. The molecule has 0 unspecified atom stereocenters. The fraction of sp³-hybridized carbons (Fsp3) is 0.667. The maximum Gasteiger partial charge on any atom is 0.225 e. The molecule has 1 atom stereocenters. The average Bonchev–Trinajstić information content (AvgIpc) is 3.26. The van der Waals surface area contributed by atoms with Crippen molar-refractivity contribution in [1.29, 1.82) is 0 Å². The molecule has 0 bridgehead atoms. The fourth-order valence-electron chi connectivity index (χ4n) is 3.50. The molecule has 138 valence electrons. The first-order valence-electron chi connectivity index (χ1n) is 9.18. The molecule has 7 heteroatoms. The number of carbonyl (C=O) groups is 2. The molecule has 0 aromatic carbocycles. The zero-order valence-corrected chi connectivity index (χ0v) is 14.9. The van der Waals surface area contributed by atoms with Crippen LogP contribution in [-0.2, 0) is 16.1 Å². The van der Waals surface area contributed by atoms with Gasteiger partial charge >= 0.3 is 0 Å². The summed E-state index contributed by atoms with van der Waals surface area (Å²) in [6.45, 7) is 10.0. The number of likely N-dealkylation sites (tertiary alicyclic amines) is 1. The number of rotatable bonds is 7. The van der Waals surface area contributed by atoms with Crippen molar-refractivity contribution in [2.45, 2.75) is 19.9 Å². The Bertz CT molecular complexity index is 567. The van der Waals surface area contributed by atoms with E-state index in [1.165, 1.54) is 0 Å². The molecule has 1 aromatic heterocycles. The zero-order valence-electron chi connectivity index (χ0n) is 14.9. The van der Waals surface area contributed by atoms with Crippen molar-refractivity contribution in [2.24, 2.45) is 5.92 Å². The summed E-state index contributed by atoms with van der Waals surface area (Å²) in [6.07, 6.45) is 1.89. The van der Waals surface area contributed by atoms with Crippen LogP contribution in [0.5, 0.6) is 0 Å². The van der Waals surface area contributed by atoms with E-state index in [2.05, 4.69) is 22.0 Å². The van der Waals surface area contributed by atoms with Crippen LogP contribution in [0.3, 0.4) is 0 Å². The lowest BCUT2D eigenvalue weighted by Gasteiger charge is -2.34. The van der Waals surface area contributed by atoms with Crippen LogP contribution >= 0.6 is 0 Å². The molecule has 2 aliphatic heterocycles. The van der Waals surface area contributed by atoms with E-state index in [1.54, 1.807) is 17.2 Å². The Hall–Kier alpha value is -1.86. The molecule has 2 saturated heterocycles. The van der Waals surface area contributed by atoms with Gasteiger partial charge in [-0.1, -0.05) is 6.92 Å². The minimum Gasteiger partial charge on any atom is -0.467 e. The molecule has 25 heavy (non-hydrogen) atoms. The highest BCUT2D eigenvalue weighted by Crippen LogP contribution is 2.20. The Kier molecular flexibility index (Phi) is 6.09. The Morgan fingerprint density at radius 3 is 2.72 bits per heavy atom. The molecule has 7 nitrogen and oxygen atoms in total. The normalized spacial score (nSPS) is 22.5. The summed E-state index contributed by atoms with van der Waals surface area (Å²) < 4.78 is 5.28. The number of likely N-dealkylation sites (N-methyl/N-ethyl adjacent to an activating group) is 1. The van der Waals surface area contributed by atoms with Gasteiger partial charge in [-0.2, -0.15) is 0 Å². The van der Waals surface area contributed by atoms with Crippen molar-refractivity contribution in [3.05, 3.63) is 24.2 Å². The van der Waals surface area contributed by atoms with Gasteiger partial charge in [-0.15, -0.1) is 0 Å². The summed E-state index contributed by atoms with van der Waals surface area (Å²) in [4.78, 5) is 30.9. The second-order valence-electron chi connectivity index (χ2n) is 6.82. The SMILES string of the molecule is CCN1CCN(CCNC(=O)[C@@H]2CC(=O)N(Cc3ccco3)C2)CC1. The Labute approximate surface area is 148 Å². The van der Waals surface area contributed by atoms with Crippen LogP contribution in [0.4, 0.5) is 0 Å². The van der Waals surface area contributed by atoms with Gasteiger partial charge in [-0.3, -0.25) is 14.5 Å². The maximum atomic E-state index is 12.3. The first-order valence-corrected chi connectivity index (χ1v) is 9.18. The fourth-order valence-corrected chi connectivity index (χ4v) is 3.50.